The fourth-order valence-electron chi connectivity index (χ4n) is 2.01. The number of halogens is 1. The number of fused-ring (bicyclic) bond motifs is 1. The molecule has 2 N–H and O–H groups in total. The van der Waals surface area contributed by atoms with Gasteiger partial charge in [0.25, 0.3) is 0 Å². The fraction of sp³-hybridized carbons (Fsp3) is 0.231. The Morgan fingerprint density at radius 2 is 2.35 bits per heavy atom. The average Bonchev–Trinajstić information content (AvgIpc) is 3.07. The Bertz CT molecular complexity index is 709. The highest BCUT2D eigenvalue weighted by Crippen LogP contribution is 2.24. The lowest BCUT2D eigenvalue weighted by atomic mass is 10.3. The van der Waals surface area contributed by atoms with Gasteiger partial charge in [-0.1, -0.05) is 11.6 Å². The maximum Gasteiger partial charge on any atom is 0.163 e. The molecule has 20 heavy (non-hydrogen) atoms. The molecule has 0 aliphatic carbocycles. The van der Waals surface area contributed by atoms with Gasteiger partial charge in [-0.05, 0) is 12.1 Å². The second-order valence-electron chi connectivity index (χ2n) is 4.26. The minimum Gasteiger partial charge on any atom is -0.467 e. The first kappa shape index (κ1) is 13.0. The molecular formula is C13H13ClN4O2. The number of rotatable bonds is 5. The lowest BCUT2D eigenvalue weighted by Gasteiger charge is -2.07. The van der Waals surface area contributed by atoms with E-state index in [1.807, 2.05) is 12.1 Å². The topological polar surface area (TPSA) is 76.1 Å². The van der Waals surface area contributed by atoms with Gasteiger partial charge in [-0.25, -0.2) is 9.97 Å². The normalized spacial score (nSPS) is 11.1. The Morgan fingerprint density at radius 3 is 3.10 bits per heavy atom. The summed E-state index contributed by atoms with van der Waals surface area (Å²) in [6, 6.07) is 5.45. The van der Waals surface area contributed by atoms with Gasteiger partial charge in [0.15, 0.2) is 5.65 Å². The number of nitrogens with zero attached hydrogens (tertiary/aromatic N) is 3. The van der Waals surface area contributed by atoms with E-state index in [1.165, 1.54) is 0 Å². The third kappa shape index (κ3) is 2.48. The molecule has 0 unspecified atom stereocenters. The quantitative estimate of drug-likeness (QED) is 0.706. The van der Waals surface area contributed by atoms with Gasteiger partial charge >= 0.3 is 0 Å². The first-order chi connectivity index (χ1) is 9.78. The maximum absolute atomic E-state index is 9.03. The second kappa shape index (κ2) is 5.52. The van der Waals surface area contributed by atoms with Gasteiger partial charge in [0.1, 0.15) is 16.4 Å². The molecule has 0 bridgehead atoms. The predicted molar refractivity (Wildman–Crippen MR) is 75.7 cm³/mol. The first-order valence-electron chi connectivity index (χ1n) is 6.16. The summed E-state index contributed by atoms with van der Waals surface area (Å²) in [5.74, 6) is 0.820. The van der Waals surface area contributed by atoms with E-state index in [0.717, 1.165) is 17.0 Å². The Hall–Kier alpha value is -2.05. The molecule has 3 heterocycles. The number of aliphatic hydroxyl groups is 1. The summed E-state index contributed by atoms with van der Waals surface area (Å²) in [4.78, 5) is 8.57. The Kier molecular flexibility index (Phi) is 3.58. The third-order valence-electron chi connectivity index (χ3n) is 2.92. The minimum absolute atomic E-state index is 0.0226. The van der Waals surface area contributed by atoms with E-state index in [4.69, 9.17) is 21.1 Å². The van der Waals surface area contributed by atoms with E-state index in [2.05, 4.69) is 15.3 Å². The third-order valence-corrected chi connectivity index (χ3v) is 3.11. The second-order valence-corrected chi connectivity index (χ2v) is 4.65. The number of hydrogen-bond donors (Lipinski definition) is 2. The molecule has 0 atom stereocenters. The summed E-state index contributed by atoms with van der Waals surface area (Å²) in [7, 11) is 0. The van der Waals surface area contributed by atoms with Crippen LogP contribution in [0.3, 0.4) is 0 Å². The molecule has 7 heteroatoms. The van der Waals surface area contributed by atoms with Gasteiger partial charge in [-0.2, -0.15) is 0 Å². The van der Waals surface area contributed by atoms with E-state index < -0.39 is 0 Å². The minimum atomic E-state index is 0.0226. The summed E-state index contributed by atoms with van der Waals surface area (Å²) in [5, 5.41) is 12.6. The molecule has 3 aromatic heterocycles. The molecule has 0 aliphatic rings. The van der Waals surface area contributed by atoms with Crippen LogP contribution >= 0.6 is 11.6 Å². The molecule has 0 aromatic carbocycles. The molecule has 0 spiro atoms. The average molecular weight is 293 g/mol. The molecule has 3 aromatic rings. The van der Waals surface area contributed by atoms with Gasteiger partial charge in [0.05, 0.1) is 31.4 Å². The van der Waals surface area contributed by atoms with Crippen molar-refractivity contribution in [2.75, 3.05) is 11.9 Å². The van der Waals surface area contributed by atoms with Crippen LogP contribution in [0.1, 0.15) is 5.76 Å². The molecule has 0 fully saturated rings. The highest BCUT2D eigenvalue weighted by Gasteiger charge is 2.11. The lowest BCUT2D eigenvalue weighted by Crippen LogP contribution is -2.03. The zero-order valence-corrected chi connectivity index (χ0v) is 11.3. The van der Waals surface area contributed by atoms with Crippen LogP contribution in [0.25, 0.3) is 11.2 Å². The SMILES string of the molecule is OCCn1cnc2c(NCc3ccco3)cc(Cl)nc21. The summed E-state index contributed by atoms with van der Waals surface area (Å²) in [6.45, 7) is 0.992. The van der Waals surface area contributed by atoms with Crippen molar-refractivity contribution in [2.24, 2.45) is 0 Å². The van der Waals surface area contributed by atoms with E-state index in [0.29, 0.717) is 23.9 Å². The van der Waals surface area contributed by atoms with Crippen molar-refractivity contribution in [1.82, 2.24) is 14.5 Å². The standard InChI is InChI=1S/C13H13ClN4O2/c14-11-6-10(15-7-9-2-1-5-20-9)12-13(17-11)18(3-4-19)8-16-12/h1-2,5-6,8,19H,3-4,7H2,(H,15,17). The Morgan fingerprint density at radius 1 is 1.45 bits per heavy atom. The van der Waals surface area contributed by atoms with Crippen molar-refractivity contribution in [3.8, 4) is 0 Å². The van der Waals surface area contributed by atoms with E-state index in [9.17, 15) is 0 Å². The molecule has 0 aliphatic heterocycles. The summed E-state index contributed by atoms with van der Waals surface area (Å²) < 4.78 is 7.03. The molecule has 0 radical (unpaired) electrons. The van der Waals surface area contributed by atoms with Crippen LogP contribution in [-0.2, 0) is 13.1 Å². The number of aromatic nitrogens is 3. The number of imidazole rings is 1. The molecule has 6 nitrogen and oxygen atoms in total. The van der Waals surface area contributed by atoms with E-state index in [-0.39, 0.29) is 6.61 Å². The van der Waals surface area contributed by atoms with Crippen LogP contribution in [0.15, 0.2) is 35.2 Å². The molecule has 0 saturated heterocycles. The van der Waals surface area contributed by atoms with Gasteiger partial charge in [0.2, 0.25) is 0 Å². The largest absolute Gasteiger partial charge is 0.467 e. The van der Waals surface area contributed by atoms with Crippen LogP contribution in [-0.4, -0.2) is 26.2 Å². The maximum atomic E-state index is 9.03. The van der Waals surface area contributed by atoms with Crippen LogP contribution in [0.4, 0.5) is 5.69 Å². The Balaban J connectivity index is 1.93. The number of nitrogens with one attached hydrogen (secondary N) is 1. The van der Waals surface area contributed by atoms with Crippen molar-refractivity contribution < 1.29 is 9.52 Å². The zero-order chi connectivity index (χ0) is 13.9. The highest BCUT2D eigenvalue weighted by atomic mass is 35.5. The van der Waals surface area contributed by atoms with Crippen molar-refractivity contribution >= 4 is 28.5 Å². The van der Waals surface area contributed by atoms with Gasteiger partial charge in [-0.15, -0.1) is 0 Å². The first-order valence-corrected chi connectivity index (χ1v) is 6.54. The van der Waals surface area contributed by atoms with Crippen molar-refractivity contribution in [3.63, 3.8) is 0 Å². The zero-order valence-electron chi connectivity index (χ0n) is 10.6. The van der Waals surface area contributed by atoms with Crippen LogP contribution in [0, 0.1) is 0 Å². The number of furan rings is 1. The van der Waals surface area contributed by atoms with Gasteiger partial charge in [0, 0.05) is 12.6 Å². The summed E-state index contributed by atoms with van der Waals surface area (Å²) in [6.07, 6.45) is 3.27. The number of hydrogen-bond acceptors (Lipinski definition) is 5. The van der Waals surface area contributed by atoms with Crippen molar-refractivity contribution in [2.45, 2.75) is 13.1 Å². The van der Waals surface area contributed by atoms with E-state index >= 15 is 0 Å². The number of anilines is 1. The molecule has 3 rings (SSSR count). The van der Waals surface area contributed by atoms with Crippen LogP contribution in [0.2, 0.25) is 5.15 Å². The van der Waals surface area contributed by atoms with Crippen LogP contribution in [0.5, 0.6) is 0 Å². The predicted octanol–water partition coefficient (Wildman–Crippen LogP) is 2.28. The van der Waals surface area contributed by atoms with Gasteiger partial charge in [-0.3, -0.25) is 0 Å². The van der Waals surface area contributed by atoms with E-state index in [1.54, 1.807) is 23.2 Å². The van der Waals surface area contributed by atoms with Crippen molar-refractivity contribution in [3.05, 3.63) is 41.7 Å². The monoisotopic (exact) mass is 292 g/mol. The van der Waals surface area contributed by atoms with Crippen molar-refractivity contribution in [1.29, 1.82) is 0 Å². The smallest absolute Gasteiger partial charge is 0.163 e. The van der Waals surface area contributed by atoms with Gasteiger partial charge < -0.3 is 19.4 Å². The summed E-state index contributed by atoms with van der Waals surface area (Å²) >= 11 is 6.04. The summed E-state index contributed by atoms with van der Waals surface area (Å²) in [5.41, 5.74) is 2.15. The lowest BCUT2D eigenvalue weighted by molar-refractivity contribution is 0.277. The molecule has 0 saturated carbocycles. The highest BCUT2D eigenvalue weighted by molar-refractivity contribution is 6.30. The fourth-order valence-corrected chi connectivity index (χ4v) is 2.19. The van der Waals surface area contributed by atoms with Crippen LogP contribution < -0.4 is 5.32 Å². The Labute approximate surface area is 120 Å². The molecule has 0 amide bonds. The number of pyridine rings is 1. The number of aliphatic hydroxyl groups excluding tert-OH is 1. The molecular weight excluding hydrogens is 280 g/mol. The molecule has 104 valence electrons.